The van der Waals surface area contributed by atoms with E-state index in [9.17, 15) is 9.59 Å². The van der Waals surface area contributed by atoms with Crippen LogP contribution in [0.2, 0.25) is 0 Å². The molecular formula is C15H10Br2O2. The number of ketones is 1. The maximum atomic E-state index is 11.5. The third-order valence-electron chi connectivity index (χ3n) is 2.77. The first-order chi connectivity index (χ1) is 9.11. The second kappa shape index (κ2) is 6.26. The smallest absolute Gasteiger partial charge is 0.228 e. The van der Waals surface area contributed by atoms with Crippen molar-refractivity contribution in [2.75, 3.05) is 5.33 Å². The number of benzene rings is 2. The van der Waals surface area contributed by atoms with Crippen LogP contribution in [0.3, 0.4) is 0 Å². The first-order valence-corrected chi connectivity index (χ1v) is 7.53. The Hall–Kier alpha value is -1.26. The van der Waals surface area contributed by atoms with E-state index in [1.54, 1.807) is 12.1 Å². The molecule has 2 rings (SSSR count). The summed E-state index contributed by atoms with van der Waals surface area (Å²) in [7, 11) is 0. The van der Waals surface area contributed by atoms with E-state index in [4.69, 9.17) is 0 Å². The molecule has 0 bridgehead atoms. The van der Waals surface area contributed by atoms with Crippen LogP contribution in [0.1, 0.15) is 20.7 Å². The molecular weight excluding hydrogens is 372 g/mol. The summed E-state index contributed by atoms with van der Waals surface area (Å²) in [5.41, 5.74) is 3.33. The maximum Gasteiger partial charge on any atom is 0.228 e. The summed E-state index contributed by atoms with van der Waals surface area (Å²) in [6.45, 7) is 0. The molecule has 2 aromatic rings. The van der Waals surface area contributed by atoms with Crippen LogP contribution < -0.4 is 0 Å². The van der Waals surface area contributed by atoms with Gasteiger partial charge in [-0.15, -0.1) is 0 Å². The van der Waals surface area contributed by atoms with Crippen molar-refractivity contribution in [3.05, 3.63) is 59.7 Å². The van der Waals surface area contributed by atoms with Crippen LogP contribution in [0.15, 0.2) is 48.5 Å². The van der Waals surface area contributed by atoms with Gasteiger partial charge < -0.3 is 0 Å². The topological polar surface area (TPSA) is 34.1 Å². The highest BCUT2D eigenvalue weighted by molar-refractivity contribution is 9.18. The Morgan fingerprint density at radius 3 is 1.58 bits per heavy atom. The van der Waals surface area contributed by atoms with Crippen molar-refractivity contribution in [3.63, 3.8) is 0 Å². The van der Waals surface area contributed by atoms with Gasteiger partial charge in [0, 0.05) is 11.1 Å². The van der Waals surface area contributed by atoms with Gasteiger partial charge >= 0.3 is 0 Å². The fourth-order valence-corrected chi connectivity index (χ4v) is 2.31. The number of Topliss-reactive ketones (excluding diaryl/α,β-unsaturated/α-hetero) is 1. The molecule has 0 radical (unpaired) electrons. The molecule has 0 aliphatic rings. The summed E-state index contributed by atoms with van der Waals surface area (Å²) < 4.78 is -0.127. The molecule has 0 amide bonds. The summed E-state index contributed by atoms with van der Waals surface area (Å²) >= 11 is 6.07. The lowest BCUT2D eigenvalue weighted by atomic mass is 10.0. The van der Waals surface area contributed by atoms with Crippen molar-refractivity contribution < 1.29 is 9.59 Å². The predicted molar refractivity (Wildman–Crippen MR) is 83.3 cm³/mol. The van der Waals surface area contributed by atoms with Gasteiger partial charge in [0.1, 0.15) is 0 Å². The van der Waals surface area contributed by atoms with Crippen LogP contribution in [0.5, 0.6) is 0 Å². The van der Waals surface area contributed by atoms with Gasteiger partial charge in [-0.1, -0.05) is 52.3 Å². The van der Waals surface area contributed by atoms with Crippen molar-refractivity contribution in [3.8, 4) is 11.1 Å². The van der Waals surface area contributed by atoms with Gasteiger partial charge in [-0.2, -0.15) is 0 Å². The number of carbonyl (C=O) groups is 2. The molecule has 0 unspecified atom stereocenters. The predicted octanol–water partition coefficient (Wildman–Crippen LogP) is 4.47. The molecule has 0 atom stereocenters. The average molecular weight is 382 g/mol. The van der Waals surface area contributed by atoms with Gasteiger partial charge in [-0.25, -0.2) is 0 Å². The quantitative estimate of drug-likeness (QED) is 0.445. The number of carbonyl (C=O) groups excluding carboxylic acids is 2. The third-order valence-corrected chi connectivity index (χ3v) is 3.74. The molecule has 0 aromatic heterocycles. The average Bonchev–Trinajstić information content (AvgIpc) is 2.46. The largest absolute Gasteiger partial charge is 0.293 e. The normalized spacial score (nSPS) is 10.2. The van der Waals surface area contributed by atoms with E-state index in [0.717, 1.165) is 11.1 Å². The van der Waals surface area contributed by atoms with E-state index in [2.05, 4.69) is 31.9 Å². The molecule has 96 valence electrons. The Morgan fingerprint density at radius 1 is 0.789 bits per heavy atom. The minimum Gasteiger partial charge on any atom is -0.293 e. The van der Waals surface area contributed by atoms with Crippen LogP contribution >= 0.6 is 31.9 Å². The zero-order chi connectivity index (χ0) is 13.8. The summed E-state index contributed by atoms with van der Waals surface area (Å²) in [4.78, 5) is 22.6. The van der Waals surface area contributed by atoms with Crippen LogP contribution in [-0.4, -0.2) is 15.8 Å². The Balaban J connectivity index is 2.27. The molecule has 0 aliphatic carbocycles. The Bertz CT molecular complexity index is 601. The highest BCUT2D eigenvalue weighted by Gasteiger charge is 2.05. The minimum absolute atomic E-state index is 0.0618. The Labute approximate surface area is 128 Å². The van der Waals surface area contributed by atoms with Crippen molar-refractivity contribution >= 4 is 42.3 Å². The van der Waals surface area contributed by atoms with Crippen molar-refractivity contribution in [2.45, 2.75) is 0 Å². The standard InChI is InChI=1S/C15H10Br2O2/c16-9-14(18)12-5-1-10(2-6-12)11-3-7-13(8-4-11)15(17)19/h1-8H,9H2. The molecule has 0 saturated carbocycles. The summed E-state index contributed by atoms with van der Waals surface area (Å²) in [6, 6.07) is 14.7. The first kappa shape index (κ1) is 14.2. The lowest BCUT2D eigenvalue weighted by Crippen LogP contribution is -1.98. The molecule has 2 nitrogen and oxygen atoms in total. The molecule has 19 heavy (non-hydrogen) atoms. The highest BCUT2D eigenvalue weighted by atomic mass is 79.9. The van der Waals surface area contributed by atoms with Gasteiger partial charge in [0.25, 0.3) is 0 Å². The van der Waals surface area contributed by atoms with Crippen LogP contribution in [0, 0.1) is 0 Å². The summed E-state index contributed by atoms with van der Waals surface area (Å²) in [5, 5.41) is 0.328. The van der Waals surface area contributed by atoms with E-state index in [1.807, 2.05) is 36.4 Å². The van der Waals surface area contributed by atoms with E-state index in [-0.39, 0.29) is 10.5 Å². The van der Waals surface area contributed by atoms with Crippen LogP contribution in [-0.2, 0) is 0 Å². The second-order valence-electron chi connectivity index (χ2n) is 3.99. The molecule has 0 saturated heterocycles. The number of rotatable bonds is 4. The Morgan fingerprint density at radius 2 is 1.21 bits per heavy atom. The third kappa shape index (κ3) is 3.39. The first-order valence-electron chi connectivity index (χ1n) is 5.61. The summed E-state index contributed by atoms with van der Waals surface area (Å²) in [5.74, 6) is 0.0618. The fraction of sp³-hybridized carbons (Fsp3) is 0.0667. The van der Waals surface area contributed by atoms with Gasteiger partial charge in [0.15, 0.2) is 5.78 Å². The van der Waals surface area contributed by atoms with Gasteiger partial charge in [-0.3, -0.25) is 9.59 Å². The second-order valence-corrected chi connectivity index (χ2v) is 5.27. The van der Waals surface area contributed by atoms with Crippen molar-refractivity contribution in [1.82, 2.24) is 0 Å². The lowest BCUT2D eigenvalue weighted by Gasteiger charge is -2.04. The molecule has 0 aliphatic heterocycles. The lowest BCUT2D eigenvalue weighted by molar-refractivity contribution is 0.102. The zero-order valence-electron chi connectivity index (χ0n) is 9.90. The minimum atomic E-state index is -0.127. The number of hydrogen-bond acceptors (Lipinski definition) is 2. The van der Waals surface area contributed by atoms with Gasteiger partial charge in [-0.05, 0) is 39.2 Å². The number of alkyl halides is 1. The molecule has 0 heterocycles. The van der Waals surface area contributed by atoms with Crippen molar-refractivity contribution in [2.24, 2.45) is 0 Å². The fourth-order valence-electron chi connectivity index (χ4n) is 1.72. The van der Waals surface area contributed by atoms with Gasteiger partial charge in [0.05, 0.1) is 5.33 Å². The number of halogens is 2. The van der Waals surface area contributed by atoms with E-state index in [0.29, 0.717) is 16.5 Å². The molecule has 0 spiro atoms. The zero-order valence-corrected chi connectivity index (χ0v) is 13.1. The van der Waals surface area contributed by atoms with Gasteiger partial charge in [0.2, 0.25) is 4.69 Å². The van der Waals surface area contributed by atoms with E-state index in [1.165, 1.54) is 0 Å². The van der Waals surface area contributed by atoms with Crippen LogP contribution in [0.4, 0.5) is 0 Å². The highest BCUT2D eigenvalue weighted by Crippen LogP contribution is 2.21. The Kier molecular flexibility index (Phi) is 4.66. The van der Waals surface area contributed by atoms with Crippen molar-refractivity contribution in [1.29, 1.82) is 0 Å². The SMILES string of the molecule is O=C(Br)c1ccc(-c2ccc(C(=O)CBr)cc2)cc1. The molecule has 0 N–H and O–H groups in total. The monoisotopic (exact) mass is 380 g/mol. The molecule has 2 aromatic carbocycles. The van der Waals surface area contributed by atoms with Crippen LogP contribution in [0.25, 0.3) is 11.1 Å². The maximum absolute atomic E-state index is 11.5. The van der Waals surface area contributed by atoms with E-state index < -0.39 is 0 Å². The number of hydrogen-bond donors (Lipinski definition) is 0. The van der Waals surface area contributed by atoms with E-state index >= 15 is 0 Å². The molecule has 0 fully saturated rings. The summed E-state index contributed by atoms with van der Waals surface area (Å²) in [6.07, 6.45) is 0. The molecule has 4 heteroatoms.